The monoisotopic (exact) mass is 289 g/mol. The van der Waals surface area contributed by atoms with Gasteiger partial charge in [-0.2, -0.15) is 0 Å². The van der Waals surface area contributed by atoms with Gasteiger partial charge in [-0.05, 0) is 13.0 Å². The summed E-state index contributed by atoms with van der Waals surface area (Å²) in [5.41, 5.74) is 0.974. The topological polar surface area (TPSA) is 39.7 Å². The van der Waals surface area contributed by atoms with Crippen LogP contribution < -0.4 is 14.8 Å². The van der Waals surface area contributed by atoms with Crippen molar-refractivity contribution in [3.63, 3.8) is 0 Å². The molecule has 20 heavy (non-hydrogen) atoms. The van der Waals surface area contributed by atoms with Crippen LogP contribution >= 0.6 is 0 Å². The standard InChI is InChI=1S/C14H21F2NO3/c1-10(17-6-7-20-9-14(15)16)12-5-4-11(18-2)8-13(12)19-3/h4-5,8,10,14,17H,6-7,9H2,1-3H3. The fourth-order valence-electron chi connectivity index (χ4n) is 1.81. The van der Waals surface area contributed by atoms with E-state index < -0.39 is 13.0 Å². The normalized spacial score (nSPS) is 12.5. The van der Waals surface area contributed by atoms with Gasteiger partial charge in [-0.25, -0.2) is 8.78 Å². The molecule has 0 heterocycles. The summed E-state index contributed by atoms with van der Waals surface area (Å²) < 4.78 is 39.0. The summed E-state index contributed by atoms with van der Waals surface area (Å²) in [6, 6.07) is 5.59. The second kappa shape index (κ2) is 8.71. The average molecular weight is 289 g/mol. The van der Waals surface area contributed by atoms with E-state index in [2.05, 4.69) is 5.32 Å². The highest BCUT2D eigenvalue weighted by atomic mass is 19.3. The van der Waals surface area contributed by atoms with Crippen molar-refractivity contribution in [2.75, 3.05) is 34.0 Å². The first-order valence-corrected chi connectivity index (χ1v) is 6.39. The van der Waals surface area contributed by atoms with E-state index in [4.69, 9.17) is 14.2 Å². The zero-order valence-corrected chi connectivity index (χ0v) is 12.0. The Morgan fingerprint density at radius 2 is 1.95 bits per heavy atom. The third-order valence-electron chi connectivity index (χ3n) is 2.85. The lowest BCUT2D eigenvalue weighted by molar-refractivity contribution is 0.0183. The zero-order chi connectivity index (χ0) is 15.0. The molecule has 0 amide bonds. The second-order valence-electron chi connectivity index (χ2n) is 4.25. The molecule has 1 aromatic carbocycles. The Hall–Kier alpha value is -1.40. The minimum Gasteiger partial charge on any atom is -0.497 e. The van der Waals surface area contributed by atoms with Gasteiger partial charge in [-0.15, -0.1) is 0 Å². The second-order valence-corrected chi connectivity index (χ2v) is 4.25. The van der Waals surface area contributed by atoms with Crippen LogP contribution in [0.25, 0.3) is 0 Å². The maximum atomic E-state index is 11.9. The molecule has 0 saturated heterocycles. The van der Waals surface area contributed by atoms with Crippen molar-refractivity contribution in [3.05, 3.63) is 23.8 Å². The lowest BCUT2D eigenvalue weighted by Gasteiger charge is -2.18. The third-order valence-corrected chi connectivity index (χ3v) is 2.85. The molecule has 0 saturated carbocycles. The summed E-state index contributed by atoms with van der Waals surface area (Å²) >= 11 is 0. The van der Waals surface area contributed by atoms with Crippen molar-refractivity contribution in [2.24, 2.45) is 0 Å². The Morgan fingerprint density at radius 3 is 2.55 bits per heavy atom. The van der Waals surface area contributed by atoms with Crippen molar-refractivity contribution in [3.8, 4) is 11.5 Å². The van der Waals surface area contributed by atoms with E-state index in [9.17, 15) is 8.78 Å². The first-order valence-electron chi connectivity index (χ1n) is 6.39. The molecule has 0 aliphatic carbocycles. The zero-order valence-electron chi connectivity index (χ0n) is 12.0. The van der Waals surface area contributed by atoms with E-state index in [1.54, 1.807) is 20.3 Å². The molecule has 0 spiro atoms. The average Bonchev–Trinajstić information content (AvgIpc) is 2.45. The predicted molar refractivity (Wildman–Crippen MR) is 72.8 cm³/mol. The van der Waals surface area contributed by atoms with Gasteiger partial charge in [0.05, 0.1) is 20.8 Å². The predicted octanol–water partition coefficient (Wildman–Crippen LogP) is 2.64. The van der Waals surface area contributed by atoms with E-state index >= 15 is 0 Å². The fraction of sp³-hybridized carbons (Fsp3) is 0.571. The van der Waals surface area contributed by atoms with E-state index in [1.807, 2.05) is 19.1 Å². The summed E-state index contributed by atoms with van der Waals surface area (Å²) in [5, 5.41) is 3.19. The lowest BCUT2D eigenvalue weighted by Crippen LogP contribution is -2.24. The van der Waals surface area contributed by atoms with Gasteiger partial charge in [0, 0.05) is 24.2 Å². The van der Waals surface area contributed by atoms with Crippen LogP contribution in [0.15, 0.2) is 18.2 Å². The van der Waals surface area contributed by atoms with E-state index in [1.165, 1.54) is 0 Å². The number of ether oxygens (including phenoxy) is 3. The van der Waals surface area contributed by atoms with Gasteiger partial charge >= 0.3 is 0 Å². The summed E-state index contributed by atoms with van der Waals surface area (Å²) in [4.78, 5) is 0. The van der Waals surface area contributed by atoms with Gasteiger partial charge in [0.1, 0.15) is 18.1 Å². The number of rotatable bonds is 9. The number of halogens is 2. The molecule has 1 unspecified atom stereocenters. The largest absolute Gasteiger partial charge is 0.497 e. The number of hydrogen-bond acceptors (Lipinski definition) is 4. The first kappa shape index (κ1) is 16.7. The van der Waals surface area contributed by atoms with E-state index in [-0.39, 0.29) is 12.6 Å². The molecule has 4 nitrogen and oxygen atoms in total. The highest BCUT2D eigenvalue weighted by molar-refractivity contribution is 5.42. The Kier molecular flexibility index (Phi) is 7.25. The quantitative estimate of drug-likeness (QED) is 0.709. The molecule has 0 bridgehead atoms. The molecule has 0 fully saturated rings. The smallest absolute Gasteiger partial charge is 0.261 e. The maximum Gasteiger partial charge on any atom is 0.261 e. The summed E-state index contributed by atoms with van der Waals surface area (Å²) in [6.07, 6.45) is -2.42. The summed E-state index contributed by atoms with van der Waals surface area (Å²) in [6.45, 7) is 2.18. The van der Waals surface area contributed by atoms with Crippen LogP contribution in [0, 0.1) is 0 Å². The van der Waals surface area contributed by atoms with E-state index in [0.717, 1.165) is 17.1 Å². The molecule has 6 heteroatoms. The molecule has 0 aliphatic rings. The summed E-state index contributed by atoms with van der Waals surface area (Å²) in [5.74, 6) is 1.44. The Labute approximate surface area is 118 Å². The van der Waals surface area contributed by atoms with Crippen molar-refractivity contribution in [2.45, 2.75) is 19.4 Å². The minimum atomic E-state index is -2.42. The number of hydrogen-bond donors (Lipinski definition) is 1. The van der Waals surface area contributed by atoms with E-state index in [0.29, 0.717) is 6.54 Å². The molecule has 1 N–H and O–H groups in total. The molecule has 0 aromatic heterocycles. The SMILES string of the molecule is COc1ccc(C(C)NCCOCC(F)F)c(OC)c1. The Balaban J connectivity index is 2.48. The van der Waals surface area contributed by atoms with Crippen molar-refractivity contribution in [1.29, 1.82) is 0 Å². The Morgan fingerprint density at radius 1 is 1.20 bits per heavy atom. The van der Waals surface area contributed by atoms with Crippen LogP contribution in [0.5, 0.6) is 11.5 Å². The van der Waals surface area contributed by atoms with Gasteiger partial charge in [0.15, 0.2) is 0 Å². The van der Waals surface area contributed by atoms with Gasteiger partial charge in [-0.3, -0.25) is 0 Å². The molecule has 0 aliphatic heterocycles. The molecule has 1 aromatic rings. The molecule has 114 valence electrons. The first-order chi connectivity index (χ1) is 9.58. The molecular weight excluding hydrogens is 268 g/mol. The molecule has 0 radical (unpaired) electrons. The minimum absolute atomic E-state index is 0.0195. The van der Waals surface area contributed by atoms with Crippen LogP contribution in [0.2, 0.25) is 0 Å². The highest BCUT2D eigenvalue weighted by Crippen LogP contribution is 2.29. The van der Waals surface area contributed by atoms with Gasteiger partial charge < -0.3 is 19.5 Å². The van der Waals surface area contributed by atoms with Crippen LogP contribution in [0.4, 0.5) is 8.78 Å². The van der Waals surface area contributed by atoms with Crippen molar-refractivity contribution in [1.82, 2.24) is 5.32 Å². The Bertz CT molecular complexity index is 402. The third kappa shape index (κ3) is 5.30. The number of methoxy groups -OCH3 is 2. The van der Waals surface area contributed by atoms with Crippen molar-refractivity contribution < 1.29 is 23.0 Å². The van der Waals surface area contributed by atoms with Crippen LogP contribution in [0.1, 0.15) is 18.5 Å². The summed E-state index contributed by atoms with van der Waals surface area (Å²) in [7, 11) is 3.19. The van der Waals surface area contributed by atoms with Crippen LogP contribution in [-0.2, 0) is 4.74 Å². The number of benzene rings is 1. The number of nitrogens with one attached hydrogen (secondary N) is 1. The fourth-order valence-corrected chi connectivity index (χ4v) is 1.81. The molecular formula is C14H21F2NO3. The van der Waals surface area contributed by atoms with Crippen LogP contribution in [0.3, 0.4) is 0 Å². The van der Waals surface area contributed by atoms with Gasteiger partial charge in [0.2, 0.25) is 0 Å². The number of alkyl halides is 2. The van der Waals surface area contributed by atoms with Gasteiger partial charge in [-0.1, -0.05) is 6.07 Å². The van der Waals surface area contributed by atoms with Crippen LogP contribution in [-0.4, -0.2) is 40.4 Å². The maximum absolute atomic E-state index is 11.9. The van der Waals surface area contributed by atoms with Gasteiger partial charge in [0.25, 0.3) is 6.43 Å². The molecule has 1 rings (SSSR count). The molecule has 1 atom stereocenters. The van der Waals surface area contributed by atoms with Crippen molar-refractivity contribution >= 4 is 0 Å². The highest BCUT2D eigenvalue weighted by Gasteiger charge is 2.12. The lowest BCUT2D eigenvalue weighted by atomic mass is 10.1.